The van der Waals surface area contributed by atoms with Gasteiger partial charge in [-0.05, 0) is 54.4 Å². The highest BCUT2D eigenvalue weighted by molar-refractivity contribution is 6.33. The monoisotopic (exact) mass is 398 g/mol. The van der Waals surface area contributed by atoms with Crippen LogP contribution in [0.4, 0.5) is 18.9 Å². The summed E-state index contributed by atoms with van der Waals surface area (Å²) in [7, 11) is 0. The van der Waals surface area contributed by atoms with Crippen LogP contribution in [0.3, 0.4) is 0 Å². The molecule has 0 aliphatic rings. The maximum absolute atomic E-state index is 12.8. The molecule has 2 rings (SSSR count). The van der Waals surface area contributed by atoms with Crippen LogP contribution in [0.2, 0.25) is 5.02 Å². The Labute approximate surface area is 162 Å². The number of anilines is 1. The number of hydrogen-bond donors (Lipinski definition) is 1. The number of ether oxygens (including phenoxy) is 1. The van der Waals surface area contributed by atoms with Crippen LogP contribution < -0.4 is 10.2 Å². The third-order valence-electron chi connectivity index (χ3n) is 3.84. The lowest BCUT2D eigenvalue weighted by atomic mass is 10.2. The van der Waals surface area contributed by atoms with Crippen LogP contribution >= 0.6 is 11.6 Å². The lowest BCUT2D eigenvalue weighted by Crippen LogP contribution is -2.05. The Morgan fingerprint density at radius 2 is 1.81 bits per heavy atom. The van der Waals surface area contributed by atoms with Gasteiger partial charge in [-0.2, -0.15) is 18.3 Å². The molecule has 0 spiro atoms. The van der Waals surface area contributed by atoms with Crippen LogP contribution in [0.25, 0.3) is 0 Å². The largest absolute Gasteiger partial charge is 0.494 e. The SMILES string of the molecule is CCCCCCOc1ccc(/C=N\Nc2cc(C(F)(F)F)ccc2Cl)cc1. The summed E-state index contributed by atoms with van der Waals surface area (Å²) in [5, 5.41) is 4.11. The van der Waals surface area contributed by atoms with Crippen molar-refractivity contribution >= 4 is 23.5 Å². The fourth-order valence-electron chi connectivity index (χ4n) is 2.33. The molecule has 146 valence electrons. The highest BCUT2D eigenvalue weighted by atomic mass is 35.5. The molecule has 2 aromatic rings. The summed E-state index contributed by atoms with van der Waals surface area (Å²) in [5.74, 6) is 0.775. The van der Waals surface area contributed by atoms with E-state index in [9.17, 15) is 13.2 Å². The Morgan fingerprint density at radius 3 is 2.48 bits per heavy atom. The van der Waals surface area contributed by atoms with Crippen LogP contribution in [0.1, 0.15) is 43.7 Å². The van der Waals surface area contributed by atoms with E-state index in [2.05, 4.69) is 17.5 Å². The lowest BCUT2D eigenvalue weighted by Gasteiger charge is -2.09. The normalized spacial score (nSPS) is 11.7. The number of benzene rings is 2. The van der Waals surface area contributed by atoms with Gasteiger partial charge in [-0.15, -0.1) is 0 Å². The molecule has 0 aliphatic heterocycles. The minimum Gasteiger partial charge on any atom is -0.494 e. The summed E-state index contributed by atoms with van der Waals surface area (Å²) >= 11 is 5.91. The van der Waals surface area contributed by atoms with Gasteiger partial charge in [-0.1, -0.05) is 37.8 Å². The van der Waals surface area contributed by atoms with E-state index in [-0.39, 0.29) is 10.7 Å². The molecule has 0 aliphatic carbocycles. The first kappa shape index (κ1) is 21.1. The van der Waals surface area contributed by atoms with E-state index >= 15 is 0 Å². The van der Waals surface area contributed by atoms with Gasteiger partial charge in [0.25, 0.3) is 0 Å². The summed E-state index contributed by atoms with van der Waals surface area (Å²) in [6.45, 7) is 2.85. The Hall–Kier alpha value is -2.21. The molecule has 0 amide bonds. The third kappa shape index (κ3) is 7.13. The first-order valence-corrected chi connectivity index (χ1v) is 9.16. The minimum atomic E-state index is -4.43. The molecule has 27 heavy (non-hydrogen) atoms. The average Bonchev–Trinajstić information content (AvgIpc) is 2.63. The Morgan fingerprint density at radius 1 is 1.07 bits per heavy atom. The second-order valence-electron chi connectivity index (χ2n) is 6.04. The van der Waals surface area contributed by atoms with Crippen molar-refractivity contribution in [3.8, 4) is 5.75 Å². The van der Waals surface area contributed by atoms with E-state index < -0.39 is 11.7 Å². The quantitative estimate of drug-likeness (QED) is 0.287. The molecule has 0 saturated heterocycles. The summed E-state index contributed by atoms with van der Waals surface area (Å²) in [6.07, 6.45) is 1.65. The van der Waals surface area contributed by atoms with Gasteiger partial charge in [-0.3, -0.25) is 5.43 Å². The molecule has 7 heteroatoms. The van der Waals surface area contributed by atoms with Gasteiger partial charge in [0.2, 0.25) is 0 Å². The van der Waals surface area contributed by atoms with Crippen molar-refractivity contribution in [2.24, 2.45) is 5.10 Å². The molecule has 0 saturated carbocycles. The molecule has 3 nitrogen and oxygen atoms in total. The van der Waals surface area contributed by atoms with Gasteiger partial charge < -0.3 is 4.74 Å². The van der Waals surface area contributed by atoms with Crippen molar-refractivity contribution in [1.29, 1.82) is 0 Å². The van der Waals surface area contributed by atoms with Gasteiger partial charge >= 0.3 is 6.18 Å². The number of nitrogens with zero attached hydrogens (tertiary/aromatic N) is 1. The first-order chi connectivity index (χ1) is 12.9. The predicted molar refractivity (Wildman–Crippen MR) is 104 cm³/mol. The van der Waals surface area contributed by atoms with Crippen LogP contribution in [0.5, 0.6) is 5.75 Å². The fraction of sp³-hybridized carbons (Fsp3) is 0.350. The Bertz CT molecular complexity index is 746. The lowest BCUT2D eigenvalue weighted by molar-refractivity contribution is -0.137. The summed E-state index contributed by atoms with van der Waals surface area (Å²) in [5.41, 5.74) is 2.64. The van der Waals surface area contributed by atoms with E-state index in [0.29, 0.717) is 6.61 Å². The Kier molecular flexibility index (Phi) is 7.98. The highest BCUT2D eigenvalue weighted by Crippen LogP contribution is 2.33. The van der Waals surface area contributed by atoms with E-state index in [0.717, 1.165) is 36.3 Å². The molecule has 0 heterocycles. The van der Waals surface area contributed by atoms with Crippen LogP contribution in [0.15, 0.2) is 47.6 Å². The second kappa shape index (κ2) is 10.2. The number of hydrazone groups is 1. The number of alkyl halides is 3. The van der Waals surface area contributed by atoms with Gasteiger partial charge in [0.1, 0.15) is 5.75 Å². The highest BCUT2D eigenvalue weighted by Gasteiger charge is 2.30. The van der Waals surface area contributed by atoms with Gasteiger partial charge in [0, 0.05) is 0 Å². The van der Waals surface area contributed by atoms with E-state index in [1.807, 2.05) is 24.3 Å². The maximum Gasteiger partial charge on any atom is 0.416 e. The second-order valence-corrected chi connectivity index (χ2v) is 6.45. The number of unbranched alkanes of at least 4 members (excludes halogenated alkanes) is 3. The fourth-order valence-corrected chi connectivity index (χ4v) is 2.49. The molecule has 2 aromatic carbocycles. The summed E-state index contributed by atoms with van der Waals surface area (Å²) < 4.78 is 43.9. The van der Waals surface area contributed by atoms with E-state index in [1.54, 1.807) is 0 Å². The zero-order chi connectivity index (χ0) is 19.7. The molecule has 0 radical (unpaired) electrons. The van der Waals surface area contributed by atoms with Crippen molar-refractivity contribution in [3.05, 3.63) is 58.6 Å². The maximum atomic E-state index is 12.8. The number of rotatable bonds is 9. The molecule has 0 unspecified atom stereocenters. The van der Waals surface area contributed by atoms with E-state index in [4.69, 9.17) is 16.3 Å². The van der Waals surface area contributed by atoms with E-state index in [1.165, 1.54) is 25.1 Å². The molecular weight excluding hydrogens is 377 g/mol. The zero-order valence-corrected chi connectivity index (χ0v) is 15.8. The van der Waals surface area contributed by atoms with Crippen LogP contribution in [-0.4, -0.2) is 12.8 Å². The topological polar surface area (TPSA) is 33.6 Å². The minimum absolute atomic E-state index is 0.0924. The standard InChI is InChI=1S/C20H22ClF3N2O/c1-2-3-4-5-12-27-17-9-6-15(7-10-17)14-25-26-19-13-16(20(22,23)24)8-11-18(19)21/h6-11,13-14,26H,2-5,12H2,1H3/b25-14-. The summed E-state index contributed by atoms with van der Waals surface area (Å²) in [6, 6.07) is 10.3. The Balaban J connectivity index is 1.89. The molecule has 0 aromatic heterocycles. The van der Waals surface area contributed by atoms with Crippen molar-refractivity contribution in [2.75, 3.05) is 12.0 Å². The van der Waals surface area contributed by atoms with Crippen molar-refractivity contribution in [3.63, 3.8) is 0 Å². The molecular formula is C20H22ClF3N2O. The van der Waals surface area contributed by atoms with Crippen molar-refractivity contribution in [1.82, 2.24) is 0 Å². The van der Waals surface area contributed by atoms with Crippen LogP contribution in [0, 0.1) is 0 Å². The van der Waals surface area contributed by atoms with Gasteiger partial charge in [-0.25, -0.2) is 0 Å². The molecule has 0 atom stereocenters. The zero-order valence-electron chi connectivity index (χ0n) is 15.0. The number of halogens is 4. The number of hydrogen-bond acceptors (Lipinski definition) is 3. The average molecular weight is 399 g/mol. The molecule has 0 bridgehead atoms. The van der Waals surface area contributed by atoms with Gasteiger partial charge in [0.15, 0.2) is 0 Å². The third-order valence-corrected chi connectivity index (χ3v) is 4.17. The predicted octanol–water partition coefficient (Wildman–Crippen LogP) is 6.76. The summed E-state index contributed by atoms with van der Waals surface area (Å²) in [4.78, 5) is 0. The smallest absolute Gasteiger partial charge is 0.416 e. The first-order valence-electron chi connectivity index (χ1n) is 8.79. The van der Waals surface area contributed by atoms with Crippen LogP contribution in [-0.2, 0) is 6.18 Å². The molecule has 0 fully saturated rings. The van der Waals surface area contributed by atoms with Crippen molar-refractivity contribution < 1.29 is 17.9 Å². The van der Waals surface area contributed by atoms with Crippen molar-refractivity contribution in [2.45, 2.75) is 38.8 Å². The molecule has 1 N–H and O–H groups in total. The number of nitrogens with one attached hydrogen (secondary N) is 1. The van der Waals surface area contributed by atoms with Gasteiger partial charge in [0.05, 0.1) is 29.1 Å².